The van der Waals surface area contributed by atoms with Gasteiger partial charge in [-0.15, -0.1) is 0 Å². The lowest BCUT2D eigenvalue weighted by molar-refractivity contribution is 0.0626. The van der Waals surface area contributed by atoms with E-state index in [0.29, 0.717) is 24.2 Å². The number of unbranched alkanes of at least 4 members (excludes halogenated alkanes) is 2. The van der Waals surface area contributed by atoms with E-state index in [1.165, 1.54) is 41.5 Å². The molecule has 0 bridgehead atoms. The van der Waals surface area contributed by atoms with Crippen molar-refractivity contribution < 1.29 is 33.5 Å². The lowest BCUT2D eigenvalue weighted by Crippen LogP contribution is -2.25. The van der Waals surface area contributed by atoms with Gasteiger partial charge in [0.25, 0.3) is 0 Å². The second-order valence-electron chi connectivity index (χ2n) is 12.9. The van der Waals surface area contributed by atoms with Gasteiger partial charge in [0.2, 0.25) is 0 Å². The van der Waals surface area contributed by atoms with Crippen LogP contribution in [0.4, 0.5) is 0 Å². The standard InChI is InChI=1S/C41H48O7/c1-29(31-7-15-36(16-8-31)43-23-5-3-4-6-40-26-47-40)32-9-17-37(18-10-32)44-24-35(42)25-45-38-19-11-33(12-20-38)30(2)34-13-21-39(22-14-34)46-27-41-28-48-41/h7-22,29-30,35,40-42H,3-6,23-28H2,1-2H3. The number of aliphatic hydroxyl groups is 1. The van der Waals surface area contributed by atoms with Crippen molar-refractivity contribution in [3.63, 3.8) is 0 Å². The van der Waals surface area contributed by atoms with Crippen LogP contribution in [0.1, 0.15) is 73.6 Å². The fourth-order valence-electron chi connectivity index (χ4n) is 5.66. The Hall–Kier alpha value is -4.04. The lowest BCUT2D eigenvalue weighted by atomic mass is 9.93. The summed E-state index contributed by atoms with van der Waals surface area (Å²) in [7, 11) is 0. The summed E-state index contributed by atoms with van der Waals surface area (Å²) in [6.45, 7) is 7.77. The number of rotatable bonds is 20. The molecule has 0 saturated carbocycles. The summed E-state index contributed by atoms with van der Waals surface area (Å²) >= 11 is 0. The maximum Gasteiger partial charge on any atom is 0.122 e. The minimum atomic E-state index is -0.757. The Morgan fingerprint density at radius 2 is 0.938 bits per heavy atom. The molecule has 0 spiro atoms. The quantitative estimate of drug-likeness (QED) is 0.0767. The molecule has 0 radical (unpaired) electrons. The second kappa shape index (κ2) is 16.9. The van der Waals surface area contributed by atoms with Crippen LogP contribution in [-0.2, 0) is 9.47 Å². The van der Waals surface area contributed by atoms with Crippen molar-refractivity contribution in [3.8, 4) is 23.0 Å². The number of benzene rings is 4. The molecule has 254 valence electrons. The van der Waals surface area contributed by atoms with Crippen LogP contribution < -0.4 is 18.9 Å². The zero-order chi connectivity index (χ0) is 33.1. The Morgan fingerprint density at radius 3 is 1.35 bits per heavy atom. The topological polar surface area (TPSA) is 82.2 Å². The predicted molar refractivity (Wildman–Crippen MR) is 187 cm³/mol. The summed E-state index contributed by atoms with van der Waals surface area (Å²) in [5, 5.41) is 10.5. The highest BCUT2D eigenvalue weighted by Crippen LogP contribution is 2.29. The minimum absolute atomic E-state index is 0.146. The van der Waals surface area contributed by atoms with Gasteiger partial charge >= 0.3 is 0 Å². The molecule has 0 amide bonds. The van der Waals surface area contributed by atoms with E-state index in [2.05, 4.69) is 74.5 Å². The molecule has 2 fully saturated rings. The van der Waals surface area contributed by atoms with Crippen LogP contribution in [0.3, 0.4) is 0 Å². The van der Waals surface area contributed by atoms with Crippen LogP contribution in [-0.4, -0.2) is 63.1 Å². The van der Waals surface area contributed by atoms with Gasteiger partial charge in [-0.25, -0.2) is 0 Å². The molecule has 0 aromatic heterocycles. The highest BCUT2D eigenvalue weighted by molar-refractivity contribution is 5.39. The monoisotopic (exact) mass is 652 g/mol. The van der Waals surface area contributed by atoms with E-state index < -0.39 is 6.10 Å². The highest BCUT2D eigenvalue weighted by Gasteiger charge is 2.23. The summed E-state index contributed by atoms with van der Waals surface area (Å²) in [6, 6.07) is 32.7. The van der Waals surface area contributed by atoms with Crippen molar-refractivity contribution >= 4 is 0 Å². The summed E-state index contributed by atoms with van der Waals surface area (Å²) in [6.07, 6.45) is 4.66. The van der Waals surface area contributed by atoms with E-state index in [-0.39, 0.29) is 31.2 Å². The van der Waals surface area contributed by atoms with Gasteiger partial charge in [0.1, 0.15) is 55.0 Å². The number of epoxide rings is 2. The highest BCUT2D eigenvalue weighted by atomic mass is 16.6. The fourth-order valence-corrected chi connectivity index (χ4v) is 5.66. The molecular formula is C41H48O7. The van der Waals surface area contributed by atoms with Gasteiger partial charge in [0.15, 0.2) is 0 Å². The van der Waals surface area contributed by atoms with E-state index in [4.69, 9.17) is 28.4 Å². The fraction of sp³-hybridized carbons (Fsp3) is 0.415. The maximum atomic E-state index is 10.5. The molecular weight excluding hydrogens is 604 g/mol. The third-order valence-electron chi connectivity index (χ3n) is 9.08. The van der Waals surface area contributed by atoms with Crippen molar-refractivity contribution in [1.29, 1.82) is 0 Å². The first-order valence-electron chi connectivity index (χ1n) is 17.3. The van der Waals surface area contributed by atoms with E-state index in [1.54, 1.807) is 0 Å². The number of hydrogen-bond acceptors (Lipinski definition) is 7. The molecule has 6 rings (SSSR count). The molecule has 4 aromatic carbocycles. The molecule has 7 nitrogen and oxygen atoms in total. The smallest absolute Gasteiger partial charge is 0.122 e. The molecule has 2 aliphatic heterocycles. The average Bonchev–Trinajstić information content (AvgIpc) is 4.07. The number of hydrogen-bond donors (Lipinski definition) is 1. The first-order chi connectivity index (χ1) is 23.5. The van der Waals surface area contributed by atoms with Gasteiger partial charge < -0.3 is 33.5 Å². The molecule has 4 aromatic rings. The van der Waals surface area contributed by atoms with E-state index in [0.717, 1.165) is 37.7 Å². The molecule has 48 heavy (non-hydrogen) atoms. The average molecular weight is 653 g/mol. The maximum absolute atomic E-state index is 10.5. The van der Waals surface area contributed by atoms with Crippen molar-refractivity contribution in [2.45, 2.75) is 69.7 Å². The van der Waals surface area contributed by atoms with Crippen LogP contribution in [0.25, 0.3) is 0 Å². The van der Waals surface area contributed by atoms with Crippen LogP contribution >= 0.6 is 0 Å². The second-order valence-corrected chi connectivity index (χ2v) is 12.9. The molecule has 2 aliphatic rings. The third-order valence-corrected chi connectivity index (χ3v) is 9.08. The van der Waals surface area contributed by atoms with E-state index in [1.807, 2.05) is 36.4 Å². The number of aliphatic hydroxyl groups excluding tert-OH is 1. The number of ether oxygens (including phenoxy) is 6. The van der Waals surface area contributed by atoms with Crippen molar-refractivity contribution in [1.82, 2.24) is 0 Å². The Bertz CT molecular complexity index is 1510. The first kappa shape index (κ1) is 33.8. The third kappa shape index (κ3) is 10.5. The van der Waals surface area contributed by atoms with Gasteiger partial charge in [-0.2, -0.15) is 0 Å². The molecule has 7 heteroatoms. The van der Waals surface area contributed by atoms with Crippen molar-refractivity contribution in [2.24, 2.45) is 0 Å². The van der Waals surface area contributed by atoms with Crippen LogP contribution in [0.2, 0.25) is 0 Å². The van der Waals surface area contributed by atoms with Crippen LogP contribution in [0.5, 0.6) is 23.0 Å². The largest absolute Gasteiger partial charge is 0.494 e. The summed E-state index contributed by atoms with van der Waals surface area (Å²) in [4.78, 5) is 0. The van der Waals surface area contributed by atoms with E-state index >= 15 is 0 Å². The molecule has 2 heterocycles. The van der Waals surface area contributed by atoms with Crippen LogP contribution in [0.15, 0.2) is 97.1 Å². The van der Waals surface area contributed by atoms with Crippen molar-refractivity contribution in [2.75, 3.05) is 39.6 Å². The molecule has 2 saturated heterocycles. The summed E-state index contributed by atoms with van der Waals surface area (Å²) < 4.78 is 33.9. The summed E-state index contributed by atoms with van der Waals surface area (Å²) in [5.74, 6) is 3.67. The lowest BCUT2D eigenvalue weighted by Gasteiger charge is -2.17. The van der Waals surface area contributed by atoms with Gasteiger partial charge in [-0.3, -0.25) is 0 Å². The normalized spacial score (nSPS) is 18.4. The van der Waals surface area contributed by atoms with Gasteiger partial charge in [-0.1, -0.05) is 68.8 Å². The van der Waals surface area contributed by atoms with Gasteiger partial charge in [0.05, 0.1) is 25.9 Å². The molecule has 5 unspecified atom stereocenters. The van der Waals surface area contributed by atoms with Crippen molar-refractivity contribution in [3.05, 3.63) is 119 Å². The SMILES string of the molecule is CC(c1ccc(OCCCCCC2CO2)cc1)c1ccc(OCC(O)COc2ccc(C(C)c3ccc(OCC4CO4)cc3)cc2)cc1. The first-order valence-corrected chi connectivity index (χ1v) is 17.3. The minimum Gasteiger partial charge on any atom is -0.494 e. The summed E-state index contributed by atoms with van der Waals surface area (Å²) in [5.41, 5.74) is 4.83. The molecule has 5 atom stereocenters. The Kier molecular flexibility index (Phi) is 11.9. The van der Waals surface area contributed by atoms with Gasteiger partial charge in [0, 0.05) is 11.8 Å². The van der Waals surface area contributed by atoms with Gasteiger partial charge in [-0.05, 0) is 90.0 Å². The predicted octanol–water partition coefficient (Wildman–Crippen LogP) is 7.92. The zero-order valence-electron chi connectivity index (χ0n) is 28.1. The van der Waals surface area contributed by atoms with Crippen LogP contribution in [0, 0.1) is 0 Å². The zero-order valence-corrected chi connectivity index (χ0v) is 28.1. The molecule has 0 aliphatic carbocycles. The van der Waals surface area contributed by atoms with E-state index in [9.17, 15) is 5.11 Å². The Balaban J connectivity index is 0.882. The molecule has 1 N–H and O–H groups in total. The Morgan fingerprint density at radius 1 is 0.542 bits per heavy atom. The Labute approximate surface area is 284 Å².